The molecule has 0 aliphatic carbocycles. The van der Waals surface area contributed by atoms with Crippen LogP contribution in [0.2, 0.25) is 5.02 Å². The van der Waals surface area contributed by atoms with Crippen molar-refractivity contribution in [3.8, 4) is 11.5 Å². The summed E-state index contributed by atoms with van der Waals surface area (Å²) < 4.78 is 16.1. The molecular weight excluding hydrogens is 386 g/mol. The van der Waals surface area contributed by atoms with Gasteiger partial charge < -0.3 is 29.7 Å². The first-order valence-corrected chi connectivity index (χ1v) is 9.98. The zero-order chi connectivity index (χ0) is 19.9. The number of urea groups is 1. The molecule has 1 aromatic carbocycles. The Morgan fingerprint density at radius 1 is 1.25 bits per heavy atom. The molecule has 9 heteroatoms. The molecule has 154 valence electrons. The van der Waals surface area contributed by atoms with Crippen molar-refractivity contribution in [3.05, 3.63) is 22.7 Å². The highest BCUT2D eigenvalue weighted by atomic mass is 35.5. The fourth-order valence-electron chi connectivity index (χ4n) is 3.29. The number of hydrogen-bond acceptors (Lipinski definition) is 5. The van der Waals surface area contributed by atoms with Gasteiger partial charge in [-0.05, 0) is 43.9 Å². The lowest BCUT2D eigenvalue weighted by molar-refractivity contribution is 0.0957. The molecule has 28 heavy (non-hydrogen) atoms. The number of nitrogens with zero attached hydrogens (tertiary/aromatic N) is 1. The minimum Gasteiger partial charge on any atom is -0.486 e. The number of hydrogen-bond donors (Lipinski definition) is 2. The Hall–Kier alpha value is -2.35. The summed E-state index contributed by atoms with van der Waals surface area (Å²) in [5, 5.41) is 6.34. The van der Waals surface area contributed by atoms with Crippen molar-refractivity contribution in [1.29, 1.82) is 0 Å². The molecule has 2 N–H and O–H groups in total. The summed E-state index contributed by atoms with van der Waals surface area (Å²) in [7, 11) is 0. The lowest BCUT2D eigenvalue weighted by Gasteiger charge is -2.31. The van der Waals surface area contributed by atoms with Gasteiger partial charge in [0, 0.05) is 25.7 Å². The highest BCUT2D eigenvalue weighted by Crippen LogP contribution is 2.38. The second-order valence-electron chi connectivity index (χ2n) is 6.71. The lowest BCUT2D eigenvalue weighted by Crippen LogP contribution is -2.49. The predicted octanol–water partition coefficient (Wildman–Crippen LogP) is 2.57. The van der Waals surface area contributed by atoms with Gasteiger partial charge in [-0.3, -0.25) is 0 Å². The number of piperidine rings is 1. The molecule has 0 radical (unpaired) electrons. The third-order valence-electron chi connectivity index (χ3n) is 4.71. The molecule has 0 spiro atoms. The van der Waals surface area contributed by atoms with E-state index in [4.69, 9.17) is 25.8 Å². The molecule has 0 unspecified atom stereocenters. The van der Waals surface area contributed by atoms with Gasteiger partial charge in [-0.25, -0.2) is 9.59 Å². The Kier molecular flexibility index (Phi) is 7.08. The number of fused-ring (bicyclic) bond motifs is 1. The van der Waals surface area contributed by atoms with E-state index >= 15 is 0 Å². The Morgan fingerprint density at radius 3 is 2.75 bits per heavy atom. The summed E-state index contributed by atoms with van der Waals surface area (Å²) in [4.78, 5) is 25.5. The molecule has 2 aliphatic heterocycles. The molecular formula is C19H26ClN3O5. The molecule has 2 heterocycles. The number of likely N-dealkylation sites (tertiary alicyclic amines) is 1. The number of carbonyl (C=O) groups excluding carboxylic acids is 2. The molecule has 0 saturated carbocycles. The predicted molar refractivity (Wildman–Crippen MR) is 104 cm³/mol. The van der Waals surface area contributed by atoms with E-state index in [1.165, 1.54) is 0 Å². The maximum absolute atomic E-state index is 12.1. The van der Waals surface area contributed by atoms with Crippen molar-refractivity contribution >= 4 is 23.7 Å². The Bertz CT molecular complexity index is 707. The first-order chi connectivity index (χ1) is 13.6. The Balaban J connectivity index is 1.38. The normalized spacial score (nSPS) is 16.4. The smallest absolute Gasteiger partial charge is 0.409 e. The molecule has 3 rings (SSSR count). The van der Waals surface area contributed by atoms with Gasteiger partial charge in [0.2, 0.25) is 0 Å². The molecule has 0 atom stereocenters. The van der Waals surface area contributed by atoms with Crippen LogP contribution in [0, 0.1) is 0 Å². The highest BCUT2D eigenvalue weighted by Gasteiger charge is 2.24. The van der Waals surface area contributed by atoms with Crippen LogP contribution in [-0.4, -0.2) is 62.5 Å². The largest absolute Gasteiger partial charge is 0.486 e. The van der Waals surface area contributed by atoms with Crippen LogP contribution in [0.5, 0.6) is 11.5 Å². The van der Waals surface area contributed by atoms with Crippen molar-refractivity contribution in [2.45, 2.75) is 32.2 Å². The number of nitrogens with one attached hydrogen (secondary N) is 2. The summed E-state index contributed by atoms with van der Waals surface area (Å²) >= 11 is 6.23. The molecule has 1 saturated heterocycles. The van der Waals surface area contributed by atoms with Gasteiger partial charge in [0.15, 0.2) is 11.5 Å². The van der Waals surface area contributed by atoms with Crippen LogP contribution in [0.25, 0.3) is 0 Å². The molecule has 1 aromatic rings. The SMILES string of the molecule is CCOC(=O)N1CCC(NC(=O)NCCc2cc(Cl)c3c(c2)OCCO3)CC1. The third-order valence-corrected chi connectivity index (χ3v) is 4.99. The number of benzene rings is 1. The standard InChI is InChI=1S/C19H26ClN3O5/c1-2-26-19(25)23-7-4-14(5-8-23)22-18(24)21-6-3-13-11-15(20)17-16(12-13)27-9-10-28-17/h11-12,14H,2-10H2,1H3,(H2,21,22,24). The van der Waals surface area contributed by atoms with Crippen molar-refractivity contribution in [2.24, 2.45) is 0 Å². The summed E-state index contributed by atoms with van der Waals surface area (Å²) in [6.07, 6.45) is 1.77. The maximum Gasteiger partial charge on any atom is 0.409 e. The summed E-state index contributed by atoms with van der Waals surface area (Å²) in [5.41, 5.74) is 0.970. The van der Waals surface area contributed by atoms with Gasteiger partial charge in [0.1, 0.15) is 13.2 Å². The van der Waals surface area contributed by atoms with E-state index in [1.54, 1.807) is 11.8 Å². The highest BCUT2D eigenvalue weighted by molar-refractivity contribution is 6.32. The summed E-state index contributed by atoms with van der Waals surface area (Å²) in [6.45, 7) is 4.79. The monoisotopic (exact) mass is 411 g/mol. The van der Waals surface area contributed by atoms with E-state index in [0.717, 1.165) is 5.56 Å². The van der Waals surface area contributed by atoms with E-state index in [1.807, 2.05) is 12.1 Å². The summed E-state index contributed by atoms with van der Waals surface area (Å²) in [5.74, 6) is 1.23. The topological polar surface area (TPSA) is 89.1 Å². The van der Waals surface area contributed by atoms with Crippen molar-refractivity contribution in [2.75, 3.05) is 39.5 Å². The number of amides is 3. The van der Waals surface area contributed by atoms with Crippen LogP contribution >= 0.6 is 11.6 Å². The first kappa shape index (κ1) is 20.4. The second-order valence-corrected chi connectivity index (χ2v) is 7.12. The first-order valence-electron chi connectivity index (χ1n) is 9.61. The van der Waals surface area contributed by atoms with E-state index in [-0.39, 0.29) is 18.2 Å². The number of rotatable bonds is 5. The van der Waals surface area contributed by atoms with Crippen molar-refractivity contribution in [1.82, 2.24) is 15.5 Å². The fraction of sp³-hybridized carbons (Fsp3) is 0.579. The fourth-order valence-corrected chi connectivity index (χ4v) is 3.57. The second kappa shape index (κ2) is 9.73. The zero-order valence-electron chi connectivity index (χ0n) is 16.0. The van der Waals surface area contributed by atoms with Crippen LogP contribution in [-0.2, 0) is 11.2 Å². The van der Waals surface area contributed by atoms with Crippen molar-refractivity contribution < 1.29 is 23.8 Å². The molecule has 2 aliphatic rings. The molecule has 0 aromatic heterocycles. The lowest BCUT2D eigenvalue weighted by atomic mass is 10.1. The van der Waals surface area contributed by atoms with Gasteiger partial charge >= 0.3 is 12.1 Å². The van der Waals surface area contributed by atoms with Crippen LogP contribution in [0.1, 0.15) is 25.3 Å². The van der Waals surface area contributed by atoms with Crippen molar-refractivity contribution in [3.63, 3.8) is 0 Å². The van der Waals surface area contributed by atoms with Gasteiger partial charge in [-0.1, -0.05) is 11.6 Å². The van der Waals surface area contributed by atoms with Gasteiger partial charge in [-0.2, -0.15) is 0 Å². The van der Waals surface area contributed by atoms with E-state index in [2.05, 4.69) is 10.6 Å². The number of carbonyl (C=O) groups is 2. The third kappa shape index (κ3) is 5.34. The molecule has 0 bridgehead atoms. The number of halogens is 1. The van der Waals surface area contributed by atoms with Crippen LogP contribution < -0.4 is 20.1 Å². The minimum atomic E-state index is -0.288. The minimum absolute atomic E-state index is 0.0504. The molecule has 8 nitrogen and oxygen atoms in total. The average Bonchev–Trinajstić information content (AvgIpc) is 2.69. The number of ether oxygens (including phenoxy) is 3. The van der Waals surface area contributed by atoms with Gasteiger partial charge in [0.05, 0.1) is 11.6 Å². The maximum atomic E-state index is 12.1. The van der Waals surface area contributed by atoms with Gasteiger partial charge in [-0.15, -0.1) is 0 Å². The molecule has 1 fully saturated rings. The molecule has 3 amide bonds. The summed E-state index contributed by atoms with van der Waals surface area (Å²) in [6, 6.07) is 3.57. The van der Waals surface area contributed by atoms with Crippen LogP contribution in [0.3, 0.4) is 0 Å². The quantitative estimate of drug-likeness (QED) is 0.777. The van der Waals surface area contributed by atoms with E-state index in [0.29, 0.717) is 75.2 Å². The van der Waals surface area contributed by atoms with Crippen LogP contribution in [0.4, 0.5) is 9.59 Å². The van der Waals surface area contributed by atoms with Gasteiger partial charge in [0.25, 0.3) is 0 Å². The zero-order valence-corrected chi connectivity index (χ0v) is 16.7. The Morgan fingerprint density at radius 2 is 2.00 bits per heavy atom. The Labute approximate surface area is 169 Å². The van der Waals surface area contributed by atoms with E-state index < -0.39 is 0 Å². The van der Waals surface area contributed by atoms with E-state index in [9.17, 15) is 9.59 Å². The van der Waals surface area contributed by atoms with Crippen LogP contribution in [0.15, 0.2) is 12.1 Å². The average molecular weight is 412 g/mol.